The van der Waals surface area contributed by atoms with Gasteiger partial charge in [0.25, 0.3) is 5.69 Å². The minimum Gasteiger partial charge on any atom is -0.454 e. The fourth-order valence-electron chi connectivity index (χ4n) is 4.45. The molecule has 0 radical (unpaired) electrons. The first-order valence-corrected chi connectivity index (χ1v) is 10.8. The van der Waals surface area contributed by atoms with Crippen LogP contribution in [0.25, 0.3) is 0 Å². The molecule has 4 rings (SSSR count). The first-order valence-electron chi connectivity index (χ1n) is 10.8. The van der Waals surface area contributed by atoms with Gasteiger partial charge in [0.05, 0.1) is 28.0 Å². The second-order valence-corrected chi connectivity index (χ2v) is 8.48. The maximum atomic E-state index is 13.0. The molecule has 1 aliphatic carbocycles. The normalized spacial score (nSPS) is 21.4. The van der Waals surface area contributed by atoms with Gasteiger partial charge in [-0.3, -0.25) is 29.4 Å². The Morgan fingerprint density at radius 3 is 2.59 bits per heavy atom. The Labute approximate surface area is 195 Å². The van der Waals surface area contributed by atoms with Crippen LogP contribution in [0.15, 0.2) is 54.6 Å². The van der Waals surface area contributed by atoms with E-state index in [0.29, 0.717) is 12.0 Å². The van der Waals surface area contributed by atoms with Gasteiger partial charge in [-0.1, -0.05) is 37.3 Å². The van der Waals surface area contributed by atoms with Crippen molar-refractivity contribution in [3.05, 3.63) is 81.4 Å². The minimum absolute atomic E-state index is 0.0532. The third-order valence-corrected chi connectivity index (χ3v) is 6.27. The highest BCUT2D eigenvalue weighted by Gasteiger charge is 2.50. The number of imide groups is 1. The lowest BCUT2D eigenvalue weighted by atomic mass is 9.78. The van der Waals surface area contributed by atoms with E-state index in [1.54, 1.807) is 13.0 Å². The Morgan fingerprint density at radius 1 is 1.12 bits per heavy atom. The van der Waals surface area contributed by atoms with E-state index in [4.69, 9.17) is 4.74 Å². The van der Waals surface area contributed by atoms with Crippen molar-refractivity contribution in [1.82, 2.24) is 0 Å². The highest BCUT2D eigenvalue weighted by atomic mass is 16.6. The van der Waals surface area contributed by atoms with E-state index >= 15 is 0 Å². The summed E-state index contributed by atoms with van der Waals surface area (Å²) >= 11 is 0. The van der Waals surface area contributed by atoms with Crippen LogP contribution in [0.2, 0.25) is 0 Å². The molecule has 1 aliphatic heterocycles. The third-order valence-electron chi connectivity index (χ3n) is 6.27. The van der Waals surface area contributed by atoms with Crippen molar-refractivity contribution >= 4 is 34.9 Å². The number of ether oxygens (including phenoxy) is 1. The molecule has 9 heteroatoms. The van der Waals surface area contributed by atoms with Crippen LogP contribution in [0, 0.1) is 34.8 Å². The van der Waals surface area contributed by atoms with Crippen molar-refractivity contribution in [2.75, 3.05) is 11.5 Å². The molecule has 2 amide bonds. The third kappa shape index (κ3) is 4.12. The van der Waals surface area contributed by atoms with Crippen LogP contribution in [-0.4, -0.2) is 35.1 Å². The zero-order chi connectivity index (χ0) is 24.6. The summed E-state index contributed by atoms with van der Waals surface area (Å²) in [5, 5.41) is 11.1. The molecular formula is C25H22N2O7. The molecular weight excluding hydrogens is 440 g/mol. The number of rotatable bonds is 6. The predicted molar refractivity (Wildman–Crippen MR) is 121 cm³/mol. The largest absolute Gasteiger partial charge is 0.454 e. The van der Waals surface area contributed by atoms with E-state index in [9.17, 15) is 29.3 Å². The fraction of sp³-hybridized carbons (Fsp3) is 0.280. The number of carbonyl (C=O) groups excluding carboxylic acids is 4. The molecule has 1 saturated heterocycles. The molecule has 0 unspecified atom stereocenters. The van der Waals surface area contributed by atoms with Gasteiger partial charge in [-0.25, -0.2) is 4.79 Å². The summed E-state index contributed by atoms with van der Waals surface area (Å²) in [6.45, 7) is 2.84. The summed E-state index contributed by atoms with van der Waals surface area (Å²) in [5.74, 6) is -2.91. The van der Waals surface area contributed by atoms with Crippen LogP contribution < -0.4 is 4.90 Å². The number of hydrogen-bond donors (Lipinski definition) is 0. The maximum Gasteiger partial charge on any atom is 0.338 e. The molecule has 174 valence electrons. The number of Topliss-reactive ketones (excluding diaryl/α,β-unsaturated/α-hetero) is 1. The molecule has 2 aliphatic rings. The lowest BCUT2D eigenvalue weighted by Crippen LogP contribution is -2.31. The zero-order valence-corrected chi connectivity index (χ0v) is 18.6. The van der Waals surface area contributed by atoms with Crippen molar-refractivity contribution in [2.45, 2.75) is 20.3 Å². The summed E-state index contributed by atoms with van der Waals surface area (Å²) in [5.41, 5.74) is 0.604. The van der Waals surface area contributed by atoms with Gasteiger partial charge in [-0.15, -0.1) is 0 Å². The Bertz CT molecular complexity index is 1250. The second kappa shape index (κ2) is 9.01. The molecule has 0 saturated carbocycles. The second-order valence-electron chi connectivity index (χ2n) is 8.48. The smallest absolute Gasteiger partial charge is 0.338 e. The first-order chi connectivity index (χ1) is 16.2. The average Bonchev–Trinajstić information content (AvgIpc) is 3.08. The number of fused-ring (bicyclic) bond motifs is 1. The lowest BCUT2D eigenvalue weighted by Gasteiger charge is -2.22. The van der Waals surface area contributed by atoms with Crippen molar-refractivity contribution in [2.24, 2.45) is 17.8 Å². The SMILES string of the molecule is Cc1ccc(C(=O)COC(=O)c2cccc(N3C(=O)[C@@H]4[C@@H](C)C=CC[C@H]4C3=O)c2)cc1[N+](=O)[O-]. The van der Waals surface area contributed by atoms with E-state index in [1.807, 2.05) is 19.1 Å². The number of nitrogens with zero attached hydrogens (tertiary/aromatic N) is 2. The Hall–Kier alpha value is -4.14. The van der Waals surface area contributed by atoms with E-state index < -0.39 is 35.1 Å². The van der Waals surface area contributed by atoms with E-state index in [2.05, 4.69) is 0 Å². The monoisotopic (exact) mass is 462 g/mol. The number of nitro benzene ring substituents is 1. The molecule has 0 bridgehead atoms. The number of amides is 2. The number of anilines is 1. The van der Waals surface area contributed by atoms with Gasteiger partial charge >= 0.3 is 5.97 Å². The van der Waals surface area contributed by atoms with Gasteiger partial charge in [0, 0.05) is 17.2 Å². The summed E-state index contributed by atoms with van der Waals surface area (Å²) in [6.07, 6.45) is 4.34. The van der Waals surface area contributed by atoms with Crippen LogP contribution in [0.4, 0.5) is 11.4 Å². The topological polar surface area (TPSA) is 124 Å². The predicted octanol–water partition coefficient (Wildman–Crippen LogP) is 3.64. The quantitative estimate of drug-likeness (QED) is 0.160. The Morgan fingerprint density at radius 2 is 1.88 bits per heavy atom. The van der Waals surface area contributed by atoms with Crippen LogP contribution in [0.5, 0.6) is 0 Å². The van der Waals surface area contributed by atoms with Crippen molar-refractivity contribution in [3.8, 4) is 0 Å². The summed E-state index contributed by atoms with van der Waals surface area (Å²) in [7, 11) is 0. The van der Waals surface area contributed by atoms with Crippen LogP contribution in [0.3, 0.4) is 0 Å². The van der Waals surface area contributed by atoms with Crippen LogP contribution in [0.1, 0.15) is 39.6 Å². The van der Waals surface area contributed by atoms with Crippen molar-refractivity contribution < 1.29 is 28.8 Å². The Balaban J connectivity index is 1.47. The standard InChI is InChI=1S/C25H22N2O7/c1-14-9-10-16(12-20(14)27(32)33)21(28)13-34-25(31)17-6-4-7-18(11-17)26-23(29)19-8-3-5-15(2)22(19)24(26)30/h3-7,9-12,15,19,22H,8,13H2,1-2H3/t15-,19+,22+/m0/s1. The zero-order valence-electron chi connectivity index (χ0n) is 18.6. The molecule has 0 N–H and O–H groups in total. The van der Waals surface area contributed by atoms with Gasteiger partial charge in [0.1, 0.15) is 0 Å². The lowest BCUT2D eigenvalue weighted by molar-refractivity contribution is -0.385. The molecule has 34 heavy (non-hydrogen) atoms. The molecule has 1 fully saturated rings. The van der Waals surface area contributed by atoms with Crippen molar-refractivity contribution in [3.63, 3.8) is 0 Å². The average molecular weight is 462 g/mol. The van der Waals surface area contributed by atoms with Gasteiger partial charge < -0.3 is 4.74 Å². The first kappa shape index (κ1) is 23.0. The highest BCUT2D eigenvalue weighted by Crippen LogP contribution is 2.40. The number of carbonyl (C=O) groups is 4. The summed E-state index contributed by atoms with van der Waals surface area (Å²) < 4.78 is 5.10. The summed E-state index contributed by atoms with van der Waals surface area (Å²) in [4.78, 5) is 62.5. The molecule has 9 nitrogen and oxygen atoms in total. The number of hydrogen-bond acceptors (Lipinski definition) is 7. The number of aryl methyl sites for hydroxylation is 1. The molecule has 2 aromatic rings. The molecule has 1 heterocycles. The van der Waals surface area contributed by atoms with E-state index in [1.165, 1.54) is 30.3 Å². The molecule has 2 aromatic carbocycles. The highest BCUT2D eigenvalue weighted by molar-refractivity contribution is 6.22. The van der Waals surface area contributed by atoms with Gasteiger partial charge in [0.2, 0.25) is 17.6 Å². The van der Waals surface area contributed by atoms with Gasteiger partial charge in [-0.05, 0) is 37.5 Å². The fourth-order valence-corrected chi connectivity index (χ4v) is 4.45. The Kier molecular flexibility index (Phi) is 6.10. The maximum absolute atomic E-state index is 13.0. The van der Waals surface area contributed by atoms with Gasteiger partial charge in [0.15, 0.2) is 6.61 Å². The molecule has 0 spiro atoms. The van der Waals surface area contributed by atoms with Crippen molar-refractivity contribution in [1.29, 1.82) is 0 Å². The number of nitro groups is 1. The van der Waals surface area contributed by atoms with E-state index in [-0.39, 0.29) is 40.2 Å². The summed E-state index contributed by atoms with van der Waals surface area (Å²) in [6, 6.07) is 9.96. The number of esters is 1. The number of ketones is 1. The molecule has 0 aromatic heterocycles. The number of allylic oxidation sites excluding steroid dienone is 2. The molecule has 3 atom stereocenters. The van der Waals surface area contributed by atoms with Crippen LogP contribution >= 0.6 is 0 Å². The van der Waals surface area contributed by atoms with E-state index in [0.717, 1.165) is 11.0 Å². The van der Waals surface area contributed by atoms with Crippen LogP contribution in [-0.2, 0) is 14.3 Å². The number of benzene rings is 2. The van der Waals surface area contributed by atoms with Gasteiger partial charge in [-0.2, -0.15) is 0 Å². The minimum atomic E-state index is -0.816.